The first kappa shape index (κ1) is 20.9. The Morgan fingerprint density at radius 2 is 0.850 bits per heavy atom. The fourth-order valence-electron chi connectivity index (χ4n) is 1.42. The fourth-order valence-corrected chi connectivity index (χ4v) is 2.53. The van der Waals surface area contributed by atoms with Crippen LogP contribution in [0.2, 0.25) is 0 Å². The molecule has 0 fully saturated rings. The number of hydrogen-bond acceptors (Lipinski definition) is 0. The fraction of sp³-hybridized carbons (Fsp3) is 1.00. The van der Waals surface area contributed by atoms with E-state index in [9.17, 15) is 35.1 Å². The van der Waals surface area contributed by atoms with E-state index in [2.05, 4.69) is 0 Å². The van der Waals surface area contributed by atoms with E-state index in [1.807, 2.05) is 0 Å². The highest BCUT2D eigenvalue weighted by atomic mass is 127. The molecule has 0 aliphatic heterocycles. The molecule has 0 spiro atoms. The summed E-state index contributed by atoms with van der Waals surface area (Å²) in [7, 11) is 0. The van der Waals surface area contributed by atoms with Crippen molar-refractivity contribution in [3.8, 4) is 0 Å². The highest BCUT2D eigenvalue weighted by molar-refractivity contribution is 14.1. The van der Waals surface area contributed by atoms with E-state index < -0.39 is 44.4 Å². The molecule has 0 nitrogen and oxygen atoms in total. The SMILES string of the molecule is CC(I)CC(F)(F)C(F)(F)C(F)(F)C(F)(F)CC(C)I. The standard InChI is InChI=1S/C10H12F8I2/c1-5(19)3-7(11,12)9(15,16)10(17,18)8(13,14)4-6(2)20/h5-6H,3-4H2,1-2H3. The zero-order valence-electron chi connectivity index (χ0n) is 10.3. The number of alkyl halides is 10. The molecule has 0 heterocycles. The van der Waals surface area contributed by atoms with Crippen LogP contribution in [0.25, 0.3) is 0 Å². The van der Waals surface area contributed by atoms with Crippen LogP contribution in [0.4, 0.5) is 35.1 Å². The Morgan fingerprint density at radius 3 is 1.00 bits per heavy atom. The van der Waals surface area contributed by atoms with Crippen LogP contribution in [0.15, 0.2) is 0 Å². The Hall–Kier alpha value is 0.900. The number of hydrogen-bond donors (Lipinski definition) is 0. The van der Waals surface area contributed by atoms with Gasteiger partial charge in [-0.2, -0.15) is 35.1 Å². The van der Waals surface area contributed by atoms with Crippen molar-refractivity contribution in [2.24, 2.45) is 0 Å². The van der Waals surface area contributed by atoms with Crippen molar-refractivity contribution >= 4 is 45.2 Å². The smallest absolute Gasteiger partial charge is 0.200 e. The minimum absolute atomic E-state index is 1.08. The van der Waals surface area contributed by atoms with Gasteiger partial charge in [-0.3, -0.25) is 0 Å². The molecule has 2 atom stereocenters. The molecular formula is C10H12F8I2. The summed E-state index contributed by atoms with van der Waals surface area (Å²) >= 11 is 2.66. The van der Waals surface area contributed by atoms with Crippen molar-refractivity contribution in [1.82, 2.24) is 0 Å². The molecule has 0 saturated carbocycles. The molecule has 0 aromatic rings. The van der Waals surface area contributed by atoms with Gasteiger partial charge in [-0.15, -0.1) is 0 Å². The van der Waals surface area contributed by atoms with Crippen LogP contribution in [0.3, 0.4) is 0 Å². The summed E-state index contributed by atoms with van der Waals surface area (Å²) in [6, 6.07) is 0. The van der Waals surface area contributed by atoms with E-state index in [0.29, 0.717) is 0 Å². The largest absolute Gasteiger partial charge is 0.378 e. The van der Waals surface area contributed by atoms with Gasteiger partial charge in [0, 0.05) is 20.7 Å². The van der Waals surface area contributed by atoms with Gasteiger partial charge in [0.05, 0.1) is 0 Å². The monoisotopic (exact) mass is 538 g/mol. The van der Waals surface area contributed by atoms with Crippen LogP contribution in [-0.4, -0.2) is 31.5 Å². The van der Waals surface area contributed by atoms with Crippen LogP contribution in [0, 0.1) is 0 Å². The van der Waals surface area contributed by atoms with E-state index >= 15 is 0 Å². The van der Waals surface area contributed by atoms with Gasteiger partial charge in [0.1, 0.15) is 0 Å². The van der Waals surface area contributed by atoms with Gasteiger partial charge >= 0.3 is 23.7 Å². The third kappa shape index (κ3) is 4.22. The first-order chi connectivity index (χ1) is 8.58. The van der Waals surface area contributed by atoms with E-state index in [-0.39, 0.29) is 0 Å². The van der Waals surface area contributed by atoms with Crippen LogP contribution >= 0.6 is 45.2 Å². The molecule has 0 amide bonds. The van der Waals surface area contributed by atoms with Crippen LogP contribution in [-0.2, 0) is 0 Å². The lowest BCUT2D eigenvalue weighted by Crippen LogP contribution is -2.62. The molecule has 0 aliphatic rings. The topological polar surface area (TPSA) is 0 Å². The molecule has 0 aliphatic carbocycles. The van der Waals surface area contributed by atoms with Gasteiger partial charge in [0.15, 0.2) is 0 Å². The average Bonchev–Trinajstić information content (AvgIpc) is 2.11. The first-order valence-electron chi connectivity index (χ1n) is 5.38. The van der Waals surface area contributed by atoms with Gasteiger partial charge in [-0.25, -0.2) is 0 Å². The van der Waals surface area contributed by atoms with Crippen LogP contribution in [0.5, 0.6) is 0 Å². The third-order valence-electron chi connectivity index (χ3n) is 2.39. The number of rotatable bonds is 7. The van der Waals surface area contributed by atoms with Crippen LogP contribution in [0.1, 0.15) is 26.7 Å². The maximum absolute atomic E-state index is 13.3. The Morgan fingerprint density at radius 1 is 0.650 bits per heavy atom. The molecule has 0 aromatic heterocycles. The van der Waals surface area contributed by atoms with Gasteiger partial charge in [-0.1, -0.05) is 59.0 Å². The Balaban J connectivity index is 5.55. The lowest BCUT2D eigenvalue weighted by molar-refractivity contribution is -0.367. The summed E-state index contributed by atoms with van der Waals surface area (Å²) in [6.45, 7) is 2.18. The van der Waals surface area contributed by atoms with Crippen molar-refractivity contribution in [3.63, 3.8) is 0 Å². The van der Waals surface area contributed by atoms with Crippen LogP contribution < -0.4 is 0 Å². The second kappa shape index (κ2) is 6.57. The summed E-state index contributed by atoms with van der Waals surface area (Å²) in [4.78, 5) is 0. The molecule has 20 heavy (non-hydrogen) atoms. The molecule has 0 rings (SSSR count). The Bertz CT molecular complexity index is 295. The van der Waals surface area contributed by atoms with Crippen molar-refractivity contribution in [3.05, 3.63) is 0 Å². The second-order valence-electron chi connectivity index (χ2n) is 4.53. The predicted molar refractivity (Wildman–Crippen MR) is 76.0 cm³/mol. The highest BCUT2D eigenvalue weighted by Crippen LogP contribution is 2.55. The van der Waals surface area contributed by atoms with Crippen molar-refractivity contribution in [2.45, 2.75) is 58.2 Å². The Kier molecular flexibility index (Phi) is 6.86. The lowest BCUT2D eigenvalue weighted by Gasteiger charge is -2.37. The van der Waals surface area contributed by atoms with Crippen molar-refractivity contribution < 1.29 is 35.1 Å². The lowest BCUT2D eigenvalue weighted by atomic mass is 9.93. The van der Waals surface area contributed by atoms with Crippen molar-refractivity contribution in [2.75, 3.05) is 0 Å². The van der Waals surface area contributed by atoms with Gasteiger partial charge in [0.2, 0.25) is 0 Å². The zero-order chi connectivity index (χ0) is 16.6. The molecule has 0 aromatic carbocycles. The average molecular weight is 538 g/mol. The van der Waals surface area contributed by atoms with Gasteiger partial charge < -0.3 is 0 Å². The second-order valence-corrected chi connectivity index (χ2v) is 8.78. The maximum atomic E-state index is 13.3. The first-order valence-corrected chi connectivity index (χ1v) is 7.87. The third-order valence-corrected chi connectivity index (χ3v) is 3.27. The summed E-state index contributed by atoms with van der Waals surface area (Å²) in [5.74, 6) is -22.7. The maximum Gasteiger partial charge on any atom is 0.378 e. The summed E-state index contributed by atoms with van der Waals surface area (Å²) in [5, 5.41) is 0. The van der Waals surface area contributed by atoms with E-state index in [4.69, 9.17) is 0 Å². The minimum atomic E-state index is -6.13. The minimum Gasteiger partial charge on any atom is -0.200 e. The van der Waals surface area contributed by atoms with E-state index in [0.717, 1.165) is 13.8 Å². The quantitative estimate of drug-likeness (QED) is 0.214. The Labute approximate surface area is 138 Å². The summed E-state index contributed by atoms with van der Waals surface area (Å²) in [5.41, 5.74) is 0. The van der Waals surface area contributed by atoms with E-state index in [1.165, 1.54) is 45.2 Å². The summed E-state index contributed by atoms with van der Waals surface area (Å²) < 4.78 is 104. The van der Waals surface area contributed by atoms with Gasteiger partial charge in [0.25, 0.3) is 0 Å². The molecule has 0 radical (unpaired) electrons. The molecule has 122 valence electrons. The molecular weight excluding hydrogens is 526 g/mol. The molecule has 0 bridgehead atoms. The molecule has 0 saturated heterocycles. The number of halogens is 10. The predicted octanol–water partition coefficient (Wildman–Crippen LogP) is 5.95. The van der Waals surface area contributed by atoms with Gasteiger partial charge in [-0.05, 0) is 0 Å². The molecule has 2 unspecified atom stereocenters. The molecule has 0 N–H and O–H groups in total. The highest BCUT2D eigenvalue weighted by Gasteiger charge is 2.79. The molecule has 10 heteroatoms. The normalized spacial score (nSPS) is 18.0. The zero-order valence-corrected chi connectivity index (χ0v) is 14.7. The van der Waals surface area contributed by atoms with Crippen molar-refractivity contribution in [1.29, 1.82) is 0 Å². The van der Waals surface area contributed by atoms with E-state index in [1.54, 1.807) is 0 Å². The summed E-state index contributed by atoms with van der Waals surface area (Å²) in [6.07, 6.45) is -3.24.